The van der Waals surface area contributed by atoms with Gasteiger partial charge in [0.15, 0.2) is 0 Å². The molecule has 0 aromatic heterocycles. The molecule has 1 aliphatic carbocycles. The zero-order valence-corrected chi connectivity index (χ0v) is 12.9. The largest absolute Gasteiger partial charge is 0.497 e. The van der Waals surface area contributed by atoms with E-state index in [4.69, 9.17) is 9.47 Å². The highest BCUT2D eigenvalue weighted by Crippen LogP contribution is 2.31. The fraction of sp³-hybridized carbons (Fsp3) is 0.647. The van der Waals surface area contributed by atoms with Gasteiger partial charge in [0.2, 0.25) is 0 Å². The van der Waals surface area contributed by atoms with E-state index in [-0.39, 0.29) is 0 Å². The van der Waals surface area contributed by atoms with Crippen molar-refractivity contribution < 1.29 is 9.47 Å². The molecule has 0 spiro atoms. The number of benzene rings is 1. The third-order valence-corrected chi connectivity index (χ3v) is 4.02. The minimum Gasteiger partial charge on any atom is -0.497 e. The third kappa shape index (κ3) is 4.14. The Kier molecular flexibility index (Phi) is 5.72. The van der Waals surface area contributed by atoms with Gasteiger partial charge in [-0.1, -0.05) is 26.3 Å². The number of nitrogens with one attached hydrogen (secondary N) is 1. The fourth-order valence-electron chi connectivity index (χ4n) is 2.84. The maximum Gasteiger partial charge on any atom is 0.127 e. The first-order valence-corrected chi connectivity index (χ1v) is 7.77. The normalized spacial score (nSPS) is 22.6. The minimum absolute atomic E-state index is 0.353. The summed E-state index contributed by atoms with van der Waals surface area (Å²) in [6, 6.07) is 6.12. The van der Waals surface area contributed by atoms with Crippen LogP contribution in [0.5, 0.6) is 11.5 Å². The molecule has 0 heterocycles. The lowest BCUT2D eigenvalue weighted by atomic mass is 9.88. The Hall–Kier alpha value is -1.22. The van der Waals surface area contributed by atoms with Crippen LogP contribution in [0.3, 0.4) is 0 Å². The fourth-order valence-corrected chi connectivity index (χ4v) is 2.84. The van der Waals surface area contributed by atoms with E-state index >= 15 is 0 Å². The monoisotopic (exact) mass is 277 g/mol. The van der Waals surface area contributed by atoms with Gasteiger partial charge in [0, 0.05) is 18.2 Å². The van der Waals surface area contributed by atoms with E-state index in [2.05, 4.69) is 25.2 Å². The van der Waals surface area contributed by atoms with E-state index in [1.54, 1.807) is 7.11 Å². The van der Waals surface area contributed by atoms with Crippen LogP contribution in [0.15, 0.2) is 18.2 Å². The zero-order valence-electron chi connectivity index (χ0n) is 12.9. The average Bonchev–Trinajstić information content (AvgIpc) is 2.46. The summed E-state index contributed by atoms with van der Waals surface area (Å²) >= 11 is 0. The molecule has 0 amide bonds. The van der Waals surface area contributed by atoms with Crippen LogP contribution in [0.1, 0.15) is 45.1 Å². The molecule has 0 saturated heterocycles. The predicted octanol–water partition coefficient (Wildman–Crippen LogP) is 3.76. The van der Waals surface area contributed by atoms with Crippen molar-refractivity contribution in [3.63, 3.8) is 0 Å². The van der Waals surface area contributed by atoms with Gasteiger partial charge in [-0.25, -0.2) is 0 Å². The summed E-state index contributed by atoms with van der Waals surface area (Å²) in [5.74, 6) is 2.62. The second-order valence-corrected chi connectivity index (χ2v) is 5.77. The van der Waals surface area contributed by atoms with Gasteiger partial charge in [0.05, 0.1) is 13.2 Å². The van der Waals surface area contributed by atoms with Crippen LogP contribution < -0.4 is 14.8 Å². The van der Waals surface area contributed by atoms with Crippen LogP contribution in [0.4, 0.5) is 0 Å². The number of ether oxygens (including phenoxy) is 2. The lowest BCUT2D eigenvalue weighted by Gasteiger charge is -2.28. The molecule has 2 rings (SSSR count). The van der Waals surface area contributed by atoms with Crippen LogP contribution in [-0.2, 0) is 6.54 Å². The quantitative estimate of drug-likeness (QED) is 0.858. The predicted molar refractivity (Wildman–Crippen MR) is 82.4 cm³/mol. The van der Waals surface area contributed by atoms with Gasteiger partial charge in [-0.3, -0.25) is 0 Å². The van der Waals surface area contributed by atoms with Crippen LogP contribution >= 0.6 is 0 Å². The summed E-state index contributed by atoms with van der Waals surface area (Å²) in [5.41, 5.74) is 1.21. The molecular weight excluding hydrogens is 250 g/mol. The van der Waals surface area contributed by atoms with E-state index in [1.807, 2.05) is 12.1 Å². The van der Waals surface area contributed by atoms with Crippen molar-refractivity contribution >= 4 is 0 Å². The first-order chi connectivity index (χ1) is 9.72. The molecule has 1 saturated carbocycles. The lowest BCUT2D eigenvalue weighted by Crippen LogP contribution is -2.25. The Bertz CT molecular complexity index is 419. The molecule has 1 aliphatic rings. The molecule has 112 valence electrons. The molecule has 1 fully saturated rings. The van der Waals surface area contributed by atoms with Gasteiger partial charge in [0.1, 0.15) is 11.5 Å². The van der Waals surface area contributed by atoms with Gasteiger partial charge < -0.3 is 14.8 Å². The SMILES string of the molecule is CCNCc1ccc(OC)cc1OC1CCCC(C)C1. The smallest absolute Gasteiger partial charge is 0.127 e. The molecule has 3 heteroatoms. The van der Waals surface area contributed by atoms with E-state index in [0.29, 0.717) is 6.10 Å². The highest BCUT2D eigenvalue weighted by molar-refractivity contribution is 5.41. The first kappa shape index (κ1) is 15.2. The molecule has 1 aromatic rings. The molecule has 0 aliphatic heterocycles. The first-order valence-electron chi connectivity index (χ1n) is 7.77. The summed E-state index contributed by atoms with van der Waals surface area (Å²) in [7, 11) is 1.70. The molecular formula is C17H27NO2. The van der Waals surface area contributed by atoms with Crippen LogP contribution in [-0.4, -0.2) is 19.8 Å². The third-order valence-electron chi connectivity index (χ3n) is 4.02. The Labute approximate surface area is 122 Å². The zero-order chi connectivity index (χ0) is 14.4. The maximum absolute atomic E-state index is 6.28. The summed E-state index contributed by atoms with van der Waals surface area (Å²) in [6.07, 6.45) is 5.30. The Morgan fingerprint density at radius 2 is 2.15 bits per heavy atom. The van der Waals surface area contributed by atoms with Gasteiger partial charge in [-0.05, 0) is 37.8 Å². The van der Waals surface area contributed by atoms with Crippen LogP contribution in [0.25, 0.3) is 0 Å². The van der Waals surface area contributed by atoms with E-state index in [0.717, 1.165) is 36.9 Å². The molecule has 20 heavy (non-hydrogen) atoms. The van der Waals surface area contributed by atoms with E-state index < -0.39 is 0 Å². The van der Waals surface area contributed by atoms with Crippen LogP contribution in [0, 0.1) is 5.92 Å². The summed E-state index contributed by atoms with van der Waals surface area (Å²) in [4.78, 5) is 0. The molecule has 0 bridgehead atoms. The Morgan fingerprint density at radius 1 is 1.30 bits per heavy atom. The second kappa shape index (κ2) is 7.53. The van der Waals surface area contributed by atoms with Crippen molar-refractivity contribution in [2.45, 2.75) is 52.2 Å². The number of rotatable bonds is 6. The average molecular weight is 277 g/mol. The second-order valence-electron chi connectivity index (χ2n) is 5.77. The molecule has 2 unspecified atom stereocenters. The van der Waals surface area contributed by atoms with Crippen molar-refractivity contribution in [1.82, 2.24) is 5.32 Å². The lowest BCUT2D eigenvalue weighted by molar-refractivity contribution is 0.127. The van der Waals surface area contributed by atoms with E-state index in [1.165, 1.54) is 24.8 Å². The van der Waals surface area contributed by atoms with E-state index in [9.17, 15) is 0 Å². The molecule has 2 atom stereocenters. The molecule has 1 aromatic carbocycles. The Morgan fingerprint density at radius 3 is 2.85 bits per heavy atom. The minimum atomic E-state index is 0.353. The van der Waals surface area contributed by atoms with Crippen molar-refractivity contribution in [1.29, 1.82) is 0 Å². The standard InChI is InChI=1S/C17H27NO2/c1-4-18-12-14-8-9-15(19-3)11-17(14)20-16-7-5-6-13(2)10-16/h8-9,11,13,16,18H,4-7,10,12H2,1-3H3. The van der Waals surface area contributed by atoms with Crippen molar-refractivity contribution in [3.05, 3.63) is 23.8 Å². The highest BCUT2D eigenvalue weighted by Gasteiger charge is 2.21. The molecule has 3 nitrogen and oxygen atoms in total. The highest BCUT2D eigenvalue weighted by atomic mass is 16.5. The molecule has 0 radical (unpaired) electrons. The van der Waals surface area contributed by atoms with Gasteiger partial charge in [-0.2, -0.15) is 0 Å². The molecule has 1 N–H and O–H groups in total. The van der Waals surface area contributed by atoms with Crippen LogP contribution in [0.2, 0.25) is 0 Å². The van der Waals surface area contributed by atoms with Crippen molar-refractivity contribution in [2.75, 3.05) is 13.7 Å². The summed E-state index contributed by atoms with van der Waals surface area (Å²) in [5, 5.41) is 3.37. The number of hydrogen-bond acceptors (Lipinski definition) is 3. The summed E-state index contributed by atoms with van der Waals surface area (Å²) in [6.45, 7) is 6.25. The van der Waals surface area contributed by atoms with Gasteiger partial charge >= 0.3 is 0 Å². The van der Waals surface area contributed by atoms with Crippen molar-refractivity contribution in [3.8, 4) is 11.5 Å². The maximum atomic E-state index is 6.28. The topological polar surface area (TPSA) is 30.5 Å². The van der Waals surface area contributed by atoms with Gasteiger partial charge in [-0.15, -0.1) is 0 Å². The summed E-state index contributed by atoms with van der Waals surface area (Å²) < 4.78 is 11.6. The van der Waals surface area contributed by atoms with Gasteiger partial charge in [0.25, 0.3) is 0 Å². The number of methoxy groups -OCH3 is 1. The Balaban J connectivity index is 2.09. The number of hydrogen-bond donors (Lipinski definition) is 1. The van der Waals surface area contributed by atoms with Crippen molar-refractivity contribution in [2.24, 2.45) is 5.92 Å².